The van der Waals surface area contributed by atoms with Gasteiger partial charge in [0.05, 0.1) is 11.7 Å². The minimum absolute atomic E-state index is 0.0973. The number of carbonyl (C=O) groups excluding carboxylic acids is 1. The molecule has 1 N–H and O–H groups in total. The first-order chi connectivity index (χ1) is 11.8. The van der Waals surface area contributed by atoms with Gasteiger partial charge in [0.1, 0.15) is 6.04 Å². The second kappa shape index (κ2) is 6.87. The fourth-order valence-electron chi connectivity index (χ4n) is 4.40. The molecule has 0 aromatic carbocycles. The van der Waals surface area contributed by atoms with Gasteiger partial charge in [-0.05, 0) is 43.9 Å². The average molecular weight is 372 g/mol. The summed E-state index contributed by atoms with van der Waals surface area (Å²) in [6, 6.07) is -0.564. The van der Waals surface area contributed by atoms with Crippen LogP contribution in [0.1, 0.15) is 51.9 Å². The van der Waals surface area contributed by atoms with Crippen molar-refractivity contribution in [2.24, 2.45) is 11.3 Å². The molecule has 8 heteroatoms. The highest BCUT2D eigenvalue weighted by Gasteiger charge is 2.59. The van der Waals surface area contributed by atoms with Crippen molar-refractivity contribution in [2.75, 3.05) is 25.4 Å². The summed E-state index contributed by atoms with van der Waals surface area (Å²) in [7, 11) is -3.38. The van der Waals surface area contributed by atoms with Crippen LogP contribution in [0.5, 0.6) is 0 Å². The van der Waals surface area contributed by atoms with E-state index in [1.807, 2.05) is 6.92 Å². The van der Waals surface area contributed by atoms with Crippen LogP contribution in [0.4, 0.5) is 0 Å². The minimum atomic E-state index is -3.38. The lowest BCUT2D eigenvalue weighted by molar-refractivity contribution is -0.140. The Balaban J connectivity index is 1.60. The quantitative estimate of drug-likeness (QED) is 0.758. The van der Waals surface area contributed by atoms with Crippen molar-refractivity contribution >= 4 is 21.9 Å². The first-order valence-electron chi connectivity index (χ1n) is 9.32. The van der Waals surface area contributed by atoms with Gasteiger partial charge >= 0.3 is 5.97 Å². The molecule has 3 rings (SSSR count). The zero-order valence-electron chi connectivity index (χ0n) is 14.8. The Morgan fingerprint density at radius 1 is 1.20 bits per heavy atom. The van der Waals surface area contributed by atoms with Gasteiger partial charge in [0.2, 0.25) is 15.9 Å². The maximum Gasteiger partial charge on any atom is 0.307 e. The SMILES string of the molecule is CCCCS(=O)(=O)N1CCCC1C(=O)N1CCC2(CC1)CC2C(=O)O. The lowest BCUT2D eigenvalue weighted by Crippen LogP contribution is -2.50. The van der Waals surface area contributed by atoms with Gasteiger partial charge in [-0.15, -0.1) is 0 Å². The largest absolute Gasteiger partial charge is 0.481 e. The summed E-state index contributed by atoms with van der Waals surface area (Å²) in [6.45, 7) is 3.47. The molecule has 1 amide bonds. The maximum atomic E-state index is 12.9. The molecule has 2 unspecified atom stereocenters. The zero-order chi connectivity index (χ0) is 18.2. The first-order valence-corrected chi connectivity index (χ1v) is 10.9. The molecule has 0 radical (unpaired) electrons. The molecule has 2 saturated heterocycles. The number of unbranched alkanes of at least 4 members (excludes halogenated alkanes) is 1. The number of carboxylic acids is 1. The van der Waals surface area contributed by atoms with E-state index in [2.05, 4.69) is 0 Å². The standard InChI is InChI=1S/C17H28N2O5S/c1-2-3-11-25(23,24)19-8-4-5-14(19)15(20)18-9-6-17(7-10-18)12-13(17)16(21)22/h13-14H,2-12H2,1H3,(H,21,22). The number of nitrogens with zero attached hydrogens (tertiary/aromatic N) is 2. The Kier molecular flexibility index (Phi) is 5.12. The number of amides is 1. The van der Waals surface area contributed by atoms with Crippen LogP contribution in [-0.4, -0.2) is 66.0 Å². The van der Waals surface area contributed by atoms with Gasteiger partial charge in [-0.25, -0.2) is 8.42 Å². The van der Waals surface area contributed by atoms with E-state index in [-0.39, 0.29) is 23.0 Å². The number of hydrogen-bond donors (Lipinski definition) is 1. The Labute approximate surface area is 149 Å². The van der Waals surface area contributed by atoms with Crippen molar-refractivity contribution in [3.63, 3.8) is 0 Å². The summed E-state index contributed by atoms with van der Waals surface area (Å²) in [6.07, 6.45) is 4.87. The van der Waals surface area contributed by atoms with E-state index in [0.29, 0.717) is 51.7 Å². The van der Waals surface area contributed by atoms with Crippen LogP contribution in [-0.2, 0) is 19.6 Å². The molecule has 0 aromatic rings. The third-order valence-electron chi connectivity index (χ3n) is 6.16. The van der Waals surface area contributed by atoms with Gasteiger partial charge in [-0.3, -0.25) is 9.59 Å². The molecule has 25 heavy (non-hydrogen) atoms. The number of carboxylic acid groups (broad SMARTS) is 1. The molecule has 2 atom stereocenters. The van der Waals surface area contributed by atoms with Gasteiger partial charge in [0.15, 0.2) is 0 Å². The number of sulfonamides is 1. The smallest absolute Gasteiger partial charge is 0.307 e. The molecular formula is C17H28N2O5S. The van der Waals surface area contributed by atoms with Crippen LogP contribution in [0.15, 0.2) is 0 Å². The lowest BCUT2D eigenvalue weighted by Gasteiger charge is -2.35. The summed E-state index contributed by atoms with van der Waals surface area (Å²) in [5.41, 5.74) is -0.120. The summed E-state index contributed by atoms with van der Waals surface area (Å²) < 4.78 is 26.4. The fraction of sp³-hybridized carbons (Fsp3) is 0.882. The van der Waals surface area contributed by atoms with Gasteiger partial charge < -0.3 is 10.0 Å². The van der Waals surface area contributed by atoms with Crippen LogP contribution in [0.25, 0.3) is 0 Å². The number of carbonyl (C=O) groups is 2. The fourth-order valence-corrected chi connectivity index (χ4v) is 6.28. The number of likely N-dealkylation sites (tertiary alicyclic amines) is 1. The van der Waals surface area contributed by atoms with Crippen LogP contribution < -0.4 is 0 Å². The van der Waals surface area contributed by atoms with Crippen LogP contribution in [0.3, 0.4) is 0 Å². The van der Waals surface area contributed by atoms with E-state index in [4.69, 9.17) is 5.11 Å². The molecule has 1 spiro atoms. The Morgan fingerprint density at radius 3 is 2.44 bits per heavy atom. The van der Waals surface area contributed by atoms with Crippen molar-refractivity contribution in [3.8, 4) is 0 Å². The van der Waals surface area contributed by atoms with E-state index < -0.39 is 22.0 Å². The number of rotatable bonds is 6. The Morgan fingerprint density at radius 2 is 1.88 bits per heavy atom. The van der Waals surface area contributed by atoms with E-state index in [1.54, 1.807) is 4.90 Å². The molecular weight excluding hydrogens is 344 g/mol. The van der Waals surface area contributed by atoms with E-state index in [9.17, 15) is 18.0 Å². The summed E-state index contributed by atoms with van der Waals surface area (Å²) in [5.74, 6) is -0.984. The maximum absolute atomic E-state index is 12.9. The van der Waals surface area contributed by atoms with Crippen molar-refractivity contribution in [1.29, 1.82) is 0 Å². The first kappa shape index (κ1) is 18.6. The van der Waals surface area contributed by atoms with E-state index >= 15 is 0 Å². The zero-order valence-corrected chi connectivity index (χ0v) is 15.6. The number of aliphatic carboxylic acids is 1. The molecule has 1 aliphatic carbocycles. The Hall–Kier alpha value is -1.15. The van der Waals surface area contributed by atoms with Crippen molar-refractivity contribution in [2.45, 2.75) is 57.9 Å². The summed E-state index contributed by atoms with van der Waals surface area (Å²) in [4.78, 5) is 25.8. The molecule has 2 heterocycles. The molecule has 0 aromatic heterocycles. The molecule has 142 valence electrons. The minimum Gasteiger partial charge on any atom is -0.481 e. The second-order valence-corrected chi connectivity index (χ2v) is 9.76. The van der Waals surface area contributed by atoms with Gasteiger partial charge in [-0.1, -0.05) is 13.3 Å². The topological polar surface area (TPSA) is 95.0 Å². The molecule has 0 bridgehead atoms. The Bertz CT molecular complexity index is 639. The number of piperidine rings is 1. The lowest BCUT2D eigenvalue weighted by atomic mass is 9.90. The third kappa shape index (κ3) is 3.56. The summed E-state index contributed by atoms with van der Waals surface area (Å²) >= 11 is 0. The molecule has 1 saturated carbocycles. The molecule has 3 aliphatic rings. The van der Waals surface area contributed by atoms with Gasteiger partial charge in [0, 0.05) is 19.6 Å². The summed E-state index contributed by atoms with van der Waals surface area (Å²) in [5, 5.41) is 9.16. The van der Waals surface area contributed by atoms with Crippen LogP contribution in [0.2, 0.25) is 0 Å². The van der Waals surface area contributed by atoms with Crippen molar-refractivity contribution in [1.82, 2.24) is 9.21 Å². The third-order valence-corrected chi connectivity index (χ3v) is 8.12. The van der Waals surface area contributed by atoms with E-state index in [0.717, 1.165) is 12.8 Å². The highest BCUT2D eigenvalue weighted by molar-refractivity contribution is 7.89. The molecule has 2 aliphatic heterocycles. The second-order valence-electron chi connectivity index (χ2n) is 7.72. The monoisotopic (exact) mass is 372 g/mol. The highest BCUT2D eigenvalue weighted by Crippen LogP contribution is 2.59. The van der Waals surface area contributed by atoms with Crippen molar-refractivity contribution < 1.29 is 23.1 Å². The number of hydrogen-bond acceptors (Lipinski definition) is 4. The molecule has 7 nitrogen and oxygen atoms in total. The predicted molar refractivity (Wildman–Crippen MR) is 92.4 cm³/mol. The highest BCUT2D eigenvalue weighted by atomic mass is 32.2. The van der Waals surface area contributed by atoms with E-state index in [1.165, 1.54) is 4.31 Å². The van der Waals surface area contributed by atoms with Gasteiger partial charge in [-0.2, -0.15) is 4.31 Å². The van der Waals surface area contributed by atoms with Crippen LogP contribution >= 0.6 is 0 Å². The average Bonchev–Trinajstić information content (AvgIpc) is 3.06. The molecule has 3 fully saturated rings. The van der Waals surface area contributed by atoms with Crippen molar-refractivity contribution in [3.05, 3.63) is 0 Å². The van der Waals surface area contributed by atoms with Gasteiger partial charge in [0.25, 0.3) is 0 Å². The normalized spacial score (nSPS) is 29.1. The van der Waals surface area contributed by atoms with Crippen LogP contribution in [0, 0.1) is 11.3 Å². The predicted octanol–water partition coefficient (Wildman–Crippen LogP) is 1.29.